The smallest absolute Gasteiger partial charge is 0.244 e. The van der Waals surface area contributed by atoms with Gasteiger partial charge in [-0.3, -0.25) is 4.79 Å². The summed E-state index contributed by atoms with van der Waals surface area (Å²) in [7, 11) is 0. The monoisotopic (exact) mass is 325 g/mol. The average molecular weight is 325 g/mol. The molecule has 0 aromatic heterocycles. The number of carbonyl (C=O) groups excluding carboxylic acids is 1. The number of ether oxygens (including phenoxy) is 1. The fourth-order valence-electron chi connectivity index (χ4n) is 1.99. The van der Waals surface area contributed by atoms with Gasteiger partial charge in [0, 0.05) is 5.69 Å². The molecule has 0 unspecified atom stereocenters. The molecule has 2 rings (SSSR count). The van der Waals surface area contributed by atoms with E-state index in [-0.39, 0.29) is 12.3 Å². The molecular weight excluding hydrogens is 302 g/mol. The fraction of sp³-hybridized carbons (Fsp3) is 0.263. The maximum atomic E-state index is 11.9. The number of carbonyl (C=O) groups is 1. The number of hydrogen-bond acceptors (Lipinski definition) is 4. The van der Waals surface area contributed by atoms with Crippen LogP contribution in [0.25, 0.3) is 0 Å². The van der Waals surface area contributed by atoms with Crippen molar-refractivity contribution in [1.29, 1.82) is 0 Å². The first-order valence-corrected chi connectivity index (χ1v) is 7.92. The number of hydrazone groups is 1. The van der Waals surface area contributed by atoms with E-state index in [1.807, 2.05) is 36.4 Å². The molecule has 0 aliphatic carbocycles. The molecule has 0 heterocycles. The van der Waals surface area contributed by atoms with Crippen molar-refractivity contribution in [2.24, 2.45) is 11.0 Å². The maximum absolute atomic E-state index is 11.9. The molecule has 0 radical (unpaired) electrons. The second-order valence-electron chi connectivity index (χ2n) is 5.99. The zero-order valence-electron chi connectivity index (χ0n) is 14.0. The number of nitrogens with one attached hydrogen (secondary N) is 1. The lowest BCUT2D eigenvalue weighted by molar-refractivity contribution is -0.120. The normalized spacial score (nSPS) is 11.0. The lowest BCUT2D eigenvalue weighted by Crippen LogP contribution is -2.19. The molecule has 0 spiro atoms. The van der Waals surface area contributed by atoms with E-state index in [9.17, 15) is 4.79 Å². The van der Waals surface area contributed by atoms with Gasteiger partial charge in [0.25, 0.3) is 0 Å². The van der Waals surface area contributed by atoms with Crippen molar-refractivity contribution < 1.29 is 9.53 Å². The van der Waals surface area contributed by atoms with E-state index in [0.717, 1.165) is 16.9 Å². The number of amides is 1. The van der Waals surface area contributed by atoms with Crippen molar-refractivity contribution in [2.75, 3.05) is 12.3 Å². The number of rotatable bonds is 7. The van der Waals surface area contributed by atoms with Crippen molar-refractivity contribution in [1.82, 2.24) is 5.43 Å². The summed E-state index contributed by atoms with van der Waals surface area (Å²) in [6, 6.07) is 14.8. The Balaban J connectivity index is 1.85. The molecule has 5 nitrogen and oxygen atoms in total. The van der Waals surface area contributed by atoms with E-state index in [2.05, 4.69) is 24.4 Å². The van der Waals surface area contributed by atoms with Gasteiger partial charge >= 0.3 is 0 Å². The van der Waals surface area contributed by atoms with Crippen LogP contribution in [0.15, 0.2) is 53.6 Å². The Labute approximate surface area is 142 Å². The third-order valence-electron chi connectivity index (χ3n) is 3.19. The molecule has 0 fully saturated rings. The molecule has 0 bridgehead atoms. The molecule has 3 N–H and O–H groups in total. The molecule has 2 aromatic rings. The van der Waals surface area contributed by atoms with E-state index in [1.165, 1.54) is 0 Å². The van der Waals surface area contributed by atoms with Gasteiger partial charge in [-0.15, -0.1) is 0 Å². The van der Waals surface area contributed by atoms with Crippen molar-refractivity contribution in [3.8, 4) is 5.75 Å². The number of hydrogen-bond donors (Lipinski definition) is 2. The van der Waals surface area contributed by atoms with Gasteiger partial charge in [0.2, 0.25) is 5.91 Å². The summed E-state index contributed by atoms with van der Waals surface area (Å²) in [5.41, 5.74) is 10.6. The Morgan fingerprint density at radius 3 is 2.71 bits per heavy atom. The Morgan fingerprint density at radius 1 is 1.25 bits per heavy atom. The zero-order chi connectivity index (χ0) is 17.4. The van der Waals surface area contributed by atoms with E-state index < -0.39 is 0 Å². The number of nitrogens with two attached hydrogens (primary N) is 1. The quantitative estimate of drug-likeness (QED) is 0.467. The second kappa shape index (κ2) is 8.72. The Bertz CT molecular complexity index is 694. The predicted molar refractivity (Wildman–Crippen MR) is 97.1 cm³/mol. The van der Waals surface area contributed by atoms with Crippen LogP contribution in [0.1, 0.15) is 25.0 Å². The minimum absolute atomic E-state index is 0.178. The van der Waals surface area contributed by atoms with Gasteiger partial charge in [-0.25, -0.2) is 5.43 Å². The van der Waals surface area contributed by atoms with Crippen LogP contribution < -0.4 is 15.9 Å². The first-order chi connectivity index (χ1) is 11.5. The van der Waals surface area contributed by atoms with Gasteiger partial charge in [-0.05, 0) is 41.3 Å². The van der Waals surface area contributed by atoms with E-state index in [0.29, 0.717) is 18.2 Å². The Hall–Kier alpha value is -2.82. The van der Waals surface area contributed by atoms with Gasteiger partial charge in [0.1, 0.15) is 5.75 Å². The molecule has 0 atom stereocenters. The highest BCUT2D eigenvalue weighted by Crippen LogP contribution is 2.13. The summed E-state index contributed by atoms with van der Waals surface area (Å²) < 4.78 is 5.66. The number of nitrogens with zero attached hydrogens (tertiary/aromatic N) is 1. The number of nitrogen functional groups attached to an aromatic ring is 1. The highest BCUT2D eigenvalue weighted by Gasteiger charge is 2.02. The van der Waals surface area contributed by atoms with Crippen LogP contribution in [-0.2, 0) is 11.2 Å². The minimum atomic E-state index is -0.178. The highest BCUT2D eigenvalue weighted by molar-refractivity contribution is 5.83. The largest absolute Gasteiger partial charge is 0.493 e. The third-order valence-corrected chi connectivity index (χ3v) is 3.19. The van der Waals surface area contributed by atoms with Crippen LogP contribution in [-0.4, -0.2) is 18.7 Å². The van der Waals surface area contributed by atoms with E-state index in [1.54, 1.807) is 18.3 Å². The fourth-order valence-corrected chi connectivity index (χ4v) is 1.99. The third kappa shape index (κ3) is 6.12. The molecule has 0 saturated carbocycles. The summed E-state index contributed by atoms with van der Waals surface area (Å²) in [6.07, 6.45) is 1.86. The summed E-state index contributed by atoms with van der Waals surface area (Å²) in [5, 5.41) is 3.99. The second-order valence-corrected chi connectivity index (χ2v) is 5.99. The van der Waals surface area contributed by atoms with Crippen LogP contribution in [0.3, 0.4) is 0 Å². The molecule has 5 heteroatoms. The summed E-state index contributed by atoms with van der Waals surface area (Å²) in [6.45, 7) is 4.86. The molecule has 0 aliphatic heterocycles. The van der Waals surface area contributed by atoms with Crippen LogP contribution in [0.5, 0.6) is 5.75 Å². The average Bonchev–Trinajstić information content (AvgIpc) is 2.55. The van der Waals surface area contributed by atoms with E-state index >= 15 is 0 Å². The Morgan fingerprint density at radius 2 is 2.00 bits per heavy atom. The number of anilines is 1. The van der Waals surface area contributed by atoms with E-state index in [4.69, 9.17) is 10.5 Å². The number of benzene rings is 2. The SMILES string of the molecule is CC(C)COc1cccc(/C=N\NC(=O)Cc2ccc(N)cc2)c1. The highest BCUT2D eigenvalue weighted by atomic mass is 16.5. The van der Waals surface area contributed by atoms with Crippen LogP contribution in [0.2, 0.25) is 0 Å². The van der Waals surface area contributed by atoms with Gasteiger partial charge in [0.05, 0.1) is 19.2 Å². The Kier molecular flexibility index (Phi) is 6.37. The van der Waals surface area contributed by atoms with Crippen molar-refractivity contribution in [2.45, 2.75) is 20.3 Å². The summed E-state index contributed by atoms with van der Waals surface area (Å²) >= 11 is 0. The summed E-state index contributed by atoms with van der Waals surface area (Å²) in [5.74, 6) is 1.08. The molecule has 126 valence electrons. The maximum Gasteiger partial charge on any atom is 0.244 e. The minimum Gasteiger partial charge on any atom is -0.493 e. The lowest BCUT2D eigenvalue weighted by atomic mass is 10.1. The first-order valence-electron chi connectivity index (χ1n) is 7.92. The molecule has 0 saturated heterocycles. The first kappa shape index (κ1) is 17.5. The van der Waals surface area contributed by atoms with Gasteiger partial charge in [0.15, 0.2) is 0 Å². The zero-order valence-corrected chi connectivity index (χ0v) is 14.0. The van der Waals surface area contributed by atoms with Gasteiger partial charge < -0.3 is 10.5 Å². The van der Waals surface area contributed by atoms with Crippen molar-refractivity contribution in [3.63, 3.8) is 0 Å². The molecule has 24 heavy (non-hydrogen) atoms. The molecule has 1 amide bonds. The molecule has 0 aliphatic rings. The van der Waals surface area contributed by atoms with Crippen LogP contribution in [0.4, 0.5) is 5.69 Å². The molecular formula is C19H23N3O2. The van der Waals surface area contributed by atoms with Gasteiger partial charge in [-0.2, -0.15) is 5.10 Å². The lowest BCUT2D eigenvalue weighted by Gasteiger charge is -2.08. The predicted octanol–water partition coefficient (Wildman–Crippen LogP) is 3.00. The molecule has 2 aromatic carbocycles. The summed E-state index contributed by atoms with van der Waals surface area (Å²) in [4.78, 5) is 11.9. The van der Waals surface area contributed by atoms with Crippen molar-refractivity contribution >= 4 is 17.8 Å². The van der Waals surface area contributed by atoms with Crippen molar-refractivity contribution in [3.05, 3.63) is 59.7 Å². The van der Waals surface area contributed by atoms with Crippen LogP contribution in [0, 0.1) is 5.92 Å². The topological polar surface area (TPSA) is 76.7 Å². The standard InChI is InChI=1S/C19H23N3O2/c1-14(2)13-24-18-5-3-4-16(10-18)12-21-22-19(23)11-15-6-8-17(20)9-7-15/h3-10,12,14H,11,13,20H2,1-2H3,(H,22,23)/b21-12-. The van der Waals surface area contributed by atoms with Crippen LogP contribution >= 0.6 is 0 Å². The van der Waals surface area contributed by atoms with Gasteiger partial charge in [-0.1, -0.05) is 38.1 Å².